The zero-order chi connectivity index (χ0) is 30.9. The second-order valence-electron chi connectivity index (χ2n) is 12.0. The minimum atomic E-state index is 0.875. The summed E-state index contributed by atoms with van der Waals surface area (Å²) in [4.78, 5) is 8.75. The predicted molar refractivity (Wildman–Crippen MR) is 197 cm³/mol. The molecule has 0 spiro atoms. The number of aromatic nitrogens is 1. The van der Waals surface area contributed by atoms with Gasteiger partial charge in [-0.05, 0) is 64.4 Å². The van der Waals surface area contributed by atoms with Gasteiger partial charge in [0.2, 0.25) is 0 Å². The maximum absolute atomic E-state index is 6.37. The summed E-state index contributed by atoms with van der Waals surface area (Å²) in [6.07, 6.45) is 0. The third kappa shape index (κ3) is 4.16. The summed E-state index contributed by atoms with van der Waals surface area (Å²) in [6, 6.07) is 55.9. The molecule has 2 aromatic heterocycles. The largest absolute Gasteiger partial charge is 0.456 e. The second kappa shape index (κ2) is 10.3. The van der Waals surface area contributed by atoms with Crippen LogP contribution in [0.15, 0.2) is 162 Å². The Morgan fingerprint density at radius 2 is 1.19 bits per heavy atom. The topological polar surface area (TPSA) is 29.3 Å². The van der Waals surface area contributed by atoms with E-state index in [0.717, 1.165) is 55.3 Å². The van der Waals surface area contributed by atoms with Crippen molar-refractivity contribution in [3.05, 3.63) is 158 Å². The van der Waals surface area contributed by atoms with E-state index >= 15 is 0 Å². The number of hydrogen-bond acceptors (Lipinski definition) is 4. The van der Waals surface area contributed by atoms with Crippen molar-refractivity contribution >= 4 is 61.1 Å². The lowest BCUT2D eigenvalue weighted by Crippen LogP contribution is -2.10. The Kier molecular flexibility index (Phi) is 5.74. The molecular weight excluding hydrogens is 593 g/mol. The summed E-state index contributed by atoms with van der Waals surface area (Å²) in [7, 11) is 0. The Morgan fingerprint density at radius 1 is 0.489 bits per heavy atom. The molecule has 0 N–H and O–H groups in total. The molecule has 3 nitrogen and oxygen atoms in total. The minimum absolute atomic E-state index is 0.875. The van der Waals surface area contributed by atoms with Crippen molar-refractivity contribution < 1.29 is 4.42 Å². The van der Waals surface area contributed by atoms with Crippen LogP contribution in [-0.2, 0) is 0 Å². The van der Waals surface area contributed by atoms with Crippen LogP contribution in [-0.4, -0.2) is 4.98 Å². The van der Waals surface area contributed by atoms with Crippen molar-refractivity contribution in [2.45, 2.75) is 0 Å². The third-order valence-corrected chi connectivity index (χ3v) is 10.4. The predicted octanol–water partition coefficient (Wildman–Crippen LogP) is 12.6. The molecule has 0 saturated heterocycles. The van der Waals surface area contributed by atoms with E-state index in [1.54, 1.807) is 11.3 Å². The van der Waals surface area contributed by atoms with Crippen molar-refractivity contribution in [1.82, 2.24) is 4.98 Å². The Morgan fingerprint density at radius 3 is 2.02 bits per heavy atom. The minimum Gasteiger partial charge on any atom is -0.456 e. The normalized spacial score (nSPS) is 11.8. The molecule has 7 aromatic carbocycles. The van der Waals surface area contributed by atoms with Gasteiger partial charge >= 0.3 is 0 Å². The van der Waals surface area contributed by atoms with Crippen LogP contribution in [0.2, 0.25) is 0 Å². The Bertz CT molecular complexity index is 2620. The van der Waals surface area contributed by atoms with E-state index in [4.69, 9.17) is 9.40 Å². The molecule has 0 saturated carbocycles. The van der Waals surface area contributed by atoms with Crippen molar-refractivity contribution in [2.75, 3.05) is 4.90 Å². The van der Waals surface area contributed by atoms with Gasteiger partial charge in [0.1, 0.15) is 16.2 Å². The number of anilines is 3. The molecule has 10 rings (SSSR count). The number of fused-ring (bicyclic) bond motifs is 6. The fraction of sp³-hybridized carbons (Fsp3) is 0. The second-order valence-corrected chi connectivity index (χ2v) is 13.0. The van der Waals surface area contributed by atoms with Crippen LogP contribution in [0.1, 0.15) is 0 Å². The summed E-state index contributed by atoms with van der Waals surface area (Å²) in [5.74, 6) is 0. The number of hydrogen-bond donors (Lipinski definition) is 0. The molecule has 4 heteroatoms. The van der Waals surface area contributed by atoms with Crippen LogP contribution in [0.5, 0.6) is 0 Å². The van der Waals surface area contributed by atoms with Crippen LogP contribution in [0.25, 0.3) is 76.1 Å². The molecule has 2 heterocycles. The molecule has 0 fully saturated rings. The molecule has 0 bridgehead atoms. The van der Waals surface area contributed by atoms with Crippen molar-refractivity contribution in [3.8, 4) is 43.4 Å². The monoisotopic (exact) mass is 618 g/mol. The van der Waals surface area contributed by atoms with Gasteiger partial charge in [0, 0.05) is 50.6 Å². The molecule has 0 aliphatic heterocycles. The first-order valence-electron chi connectivity index (χ1n) is 15.8. The summed E-state index contributed by atoms with van der Waals surface area (Å²) >= 11 is 1.78. The molecule has 220 valence electrons. The summed E-state index contributed by atoms with van der Waals surface area (Å²) in [5, 5.41) is 5.78. The van der Waals surface area contributed by atoms with E-state index in [0.29, 0.717) is 0 Å². The zero-order valence-electron chi connectivity index (χ0n) is 25.2. The van der Waals surface area contributed by atoms with E-state index in [1.807, 2.05) is 12.1 Å². The van der Waals surface area contributed by atoms with E-state index in [1.165, 1.54) is 37.9 Å². The Balaban J connectivity index is 1.17. The highest BCUT2D eigenvalue weighted by Gasteiger charge is 2.28. The number of thiazole rings is 1. The Labute approximate surface area is 275 Å². The quantitative estimate of drug-likeness (QED) is 0.192. The maximum atomic E-state index is 6.37. The van der Waals surface area contributed by atoms with Gasteiger partial charge in [0.25, 0.3) is 0 Å². The van der Waals surface area contributed by atoms with Crippen LogP contribution >= 0.6 is 11.3 Å². The van der Waals surface area contributed by atoms with Gasteiger partial charge in [-0.2, -0.15) is 0 Å². The maximum Gasteiger partial charge on any atom is 0.137 e. The standard InChI is InChI=1S/C43H26N2OS/c1-3-10-27(11-4-1)28-18-20-31(21-19-28)45(32-22-23-35-34-15-7-8-17-38(34)46-39(35)26-32)33-24-30-14-9-16-36-40(30)37(25-33)42-41(36)44-43(47-42)29-12-5-2-6-13-29/h1-26H. The molecule has 1 aliphatic rings. The highest BCUT2D eigenvalue weighted by molar-refractivity contribution is 7.19. The number of benzene rings is 7. The number of rotatable bonds is 5. The lowest BCUT2D eigenvalue weighted by atomic mass is 10.0. The van der Waals surface area contributed by atoms with Gasteiger partial charge in [-0.25, -0.2) is 4.98 Å². The molecule has 9 aromatic rings. The smallest absolute Gasteiger partial charge is 0.137 e. The molecule has 0 radical (unpaired) electrons. The zero-order valence-corrected chi connectivity index (χ0v) is 26.0. The van der Waals surface area contributed by atoms with E-state index in [2.05, 4.69) is 150 Å². The SMILES string of the molecule is c1ccc(-c2ccc(N(c3cc4c5c(cccc5c3)-c3nc(-c5ccccc5)sc3-4)c3ccc4c(c3)oc3ccccc34)cc2)cc1. The van der Waals surface area contributed by atoms with Crippen molar-refractivity contribution in [3.63, 3.8) is 0 Å². The van der Waals surface area contributed by atoms with Crippen LogP contribution < -0.4 is 4.90 Å². The molecule has 47 heavy (non-hydrogen) atoms. The number of para-hydroxylation sites is 1. The first-order chi connectivity index (χ1) is 23.3. The fourth-order valence-corrected chi connectivity index (χ4v) is 8.15. The first-order valence-corrected chi connectivity index (χ1v) is 16.6. The van der Waals surface area contributed by atoms with E-state index in [-0.39, 0.29) is 0 Å². The van der Waals surface area contributed by atoms with Gasteiger partial charge in [0.15, 0.2) is 0 Å². The summed E-state index contributed by atoms with van der Waals surface area (Å²) in [5.41, 5.74) is 12.0. The van der Waals surface area contributed by atoms with Gasteiger partial charge in [-0.1, -0.05) is 109 Å². The fourth-order valence-electron chi connectivity index (χ4n) is 7.04. The van der Waals surface area contributed by atoms with Gasteiger partial charge in [-0.3, -0.25) is 0 Å². The van der Waals surface area contributed by atoms with E-state index < -0.39 is 0 Å². The van der Waals surface area contributed by atoms with Gasteiger partial charge in [0.05, 0.1) is 10.6 Å². The summed E-state index contributed by atoms with van der Waals surface area (Å²) < 4.78 is 6.37. The Hall–Kier alpha value is -5.97. The molecule has 0 unspecified atom stereocenters. The highest BCUT2D eigenvalue weighted by atomic mass is 32.1. The van der Waals surface area contributed by atoms with Crippen LogP contribution in [0.4, 0.5) is 17.1 Å². The third-order valence-electron chi connectivity index (χ3n) is 9.22. The average molecular weight is 619 g/mol. The van der Waals surface area contributed by atoms with Crippen molar-refractivity contribution in [1.29, 1.82) is 0 Å². The van der Waals surface area contributed by atoms with Crippen LogP contribution in [0, 0.1) is 0 Å². The first kappa shape index (κ1) is 26.3. The summed E-state index contributed by atoms with van der Waals surface area (Å²) in [6.45, 7) is 0. The lowest BCUT2D eigenvalue weighted by molar-refractivity contribution is 0.669. The average Bonchev–Trinajstić information content (AvgIpc) is 3.82. The van der Waals surface area contributed by atoms with Crippen LogP contribution in [0.3, 0.4) is 0 Å². The van der Waals surface area contributed by atoms with Crippen molar-refractivity contribution in [2.24, 2.45) is 0 Å². The van der Waals surface area contributed by atoms with Gasteiger partial charge < -0.3 is 9.32 Å². The molecular formula is C43H26N2OS. The number of nitrogens with zero attached hydrogens (tertiary/aromatic N) is 2. The molecule has 0 atom stereocenters. The van der Waals surface area contributed by atoms with E-state index in [9.17, 15) is 0 Å². The molecule has 0 amide bonds. The highest BCUT2D eigenvalue weighted by Crippen LogP contribution is 2.53. The van der Waals surface area contributed by atoms with Gasteiger partial charge in [-0.15, -0.1) is 11.3 Å². The number of furan rings is 1. The molecule has 1 aliphatic carbocycles. The lowest BCUT2D eigenvalue weighted by Gasteiger charge is -2.26.